The number of allylic oxidation sites excluding steroid dienone is 14. The predicted molar refractivity (Wildman–Crippen MR) is 362 cm³/mol. The summed E-state index contributed by atoms with van der Waals surface area (Å²) in [4.78, 5) is 38.4. The van der Waals surface area contributed by atoms with Crippen molar-refractivity contribution < 1.29 is 28.6 Å². The van der Waals surface area contributed by atoms with E-state index in [0.29, 0.717) is 19.3 Å². The molecule has 0 fully saturated rings. The van der Waals surface area contributed by atoms with Crippen LogP contribution in [0.5, 0.6) is 0 Å². The Morgan fingerprint density at radius 1 is 0.253 bits per heavy atom. The number of esters is 3. The molecule has 6 heteroatoms. The fourth-order valence-electron chi connectivity index (χ4n) is 10.5. The Kier molecular flexibility index (Phi) is 68.2. The Balaban J connectivity index is 4.27. The second-order valence-corrected chi connectivity index (χ2v) is 24.1. The number of carbonyl (C=O) groups is 3. The van der Waals surface area contributed by atoms with Crippen molar-refractivity contribution in [1.29, 1.82) is 0 Å². The number of carbonyl (C=O) groups excluding carboxylic acids is 3. The van der Waals surface area contributed by atoms with Crippen LogP contribution < -0.4 is 0 Å². The summed E-state index contributed by atoms with van der Waals surface area (Å²) in [7, 11) is 0. The maximum Gasteiger partial charge on any atom is 0.306 e. The van der Waals surface area contributed by atoms with Crippen molar-refractivity contribution in [3.63, 3.8) is 0 Å². The SMILES string of the molecule is CC/C=C\C/C=C\C/C=C\C/C=C\CCC(=O)OCC(COC(=O)CCCCCCCCCCCCCCCCCCCCCCCCCCCCC)OC(=O)CCCCCCCCCCCC/C=C\C/C=C\C/C=C\CCCCCCC. The number of ether oxygens (including phenoxy) is 3. The summed E-state index contributed by atoms with van der Waals surface area (Å²) in [5.41, 5.74) is 0. The molecule has 83 heavy (non-hydrogen) atoms. The molecule has 0 aromatic carbocycles. The number of hydrogen-bond donors (Lipinski definition) is 0. The van der Waals surface area contributed by atoms with Gasteiger partial charge in [-0.1, -0.05) is 350 Å². The summed E-state index contributed by atoms with van der Waals surface area (Å²) in [6.07, 6.45) is 95.0. The van der Waals surface area contributed by atoms with Gasteiger partial charge in [-0.15, -0.1) is 0 Å². The number of unbranched alkanes of at least 4 members (excludes halogenated alkanes) is 41. The quantitative estimate of drug-likeness (QED) is 0.0261. The Hall–Kier alpha value is -3.41. The van der Waals surface area contributed by atoms with E-state index in [9.17, 15) is 14.4 Å². The molecule has 0 rings (SSSR count). The van der Waals surface area contributed by atoms with Crippen molar-refractivity contribution in [1.82, 2.24) is 0 Å². The summed E-state index contributed by atoms with van der Waals surface area (Å²) in [6.45, 7) is 6.50. The van der Waals surface area contributed by atoms with Crippen molar-refractivity contribution in [2.45, 2.75) is 374 Å². The van der Waals surface area contributed by atoms with Gasteiger partial charge in [-0.3, -0.25) is 14.4 Å². The minimum atomic E-state index is -0.808. The van der Waals surface area contributed by atoms with Crippen LogP contribution in [0, 0.1) is 0 Å². The van der Waals surface area contributed by atoms with Crippen LogP contribution in [-0.4, -0.2) is 37.2 Å². The molecular formula is C77H136O6. The lowest BCUT2D eigenvalue weighted by atomic mass is 10.0. The zero-order chi connectivity index (χ0) is 59.9. The summed E-state index contributed by atoms with van der Waals surface area (Å²) in [6, 6.07) is 0. The molecule has 0 radical (unpaired) electrons. The molecule has 6 nitrogen and oxygen atoms in total. The first kappa shape index (κ1) is 79.6. The monoisotopic (exact) mass is 1160 g/mol. The highest BCUT2D eigenvalue weighted by Gasteiger charge is 2.19. The molecule has 0 aliphatic heterocycles. The lowest BCUT2D eigenvalue weighted by Crippen LogP contribution is -2.30. The molecule has 1 atom stereocenters. The van der Waals surface area contributed by atoms with E-state index >= 15 is 0 Å². The van der Waals surface area contributed by atoms with E-state index in [1.807, 2.05) is 6.08 Å². The van der Waals surface area contributed by atoms with Gasteiger partial charge >= 0.3 is 17.9 Å². The number of hydrogen-bond acceptors (Lipinski definition) is 6. The first-order chi connectivity index (χ1) is 41.0. The minimum Gasteiger partial charge on any atom is -0.462 e. The average Bonchev–Trinajstić information content (AvgIpc) is 3.49. The van der Waals surface area contributed by atoms with Crippen LogP contribution in [0.3, 0.4) is 0 Å². The Labute approximate surface area is 515 Å². The van der Waals surface area contributed by atoms with E-state index in [1.54, 1.807) is 0 Å². The van der Waals surface area contributed by atoms with E-state index in [-0.39, 0.29) is 37.5 Å². The molecule has 1 unspecified atom stereocenters. The molecule has 0 saturated carbocycles. The third-order valence-corrected chi connectivity index (χ3v) is 15.9. The number of rotatable bonds is 66. The standard InChI is InChI=1S/C77H136O6/c1-4-7-10-13-16-19-22-25-27-29-31-33-35-37-38-40-41-43-45-47-49-52-55-58-61-64-67-70-76(79)82-73-74(72-81-75(78)69-66-63-60-57-54-51-24-21-18-15-12-9-6-3)83-77(80)71-68-65-62-59-56-53-50-48-46-44-42-39-36-34-32-30-28-26-23-20-17-14-11-8-5-2/h9,12,18,21,23,26,30,32,36,39,51,54,60,63,74H,4-8,10-11,13-17,19-20,22,24-25,27-29,31,33-35,37-38,40-50,52-53,55-59,61-62,64-73H2,1-3H3/b12-9-,21-18-,26-23-,32-30-,39-36-,54-51-,63-60-. The van der Waals surface area contributed by atoms with Gasteiger partial charge in [0.25, 0.3) is 0 Å². The summed E-state index contributed by atoms with van der Waals surface area (Å²) in [5.74, 6) is -0.968. The highest BCUT2D eigenvalue weighted by atomic mass is 16.6. The molecule has 0 aliphatic rings. The van der Waals surface area contributed by atoms with Crippen molar-refractivity contribution in [3.8, 4) is 0 Å². The summed E-state index contributed by atoms with van der Waals surface area (Å²) < 4.78 is 16.9. The molecule has 0 aliphatic carbocycles. The molecule has 480 valence electrons. The van der Waals surface area contributed by atoms with E-state index in [0.717, 1.165) is 77.0 Å². The Bertz CT molecular complexity index is 1570. The first-order valence-corrected chi connectivity index (χ1v) is 36.1. The highest BCUT2D eigenvalue weighted by molar-refractivity contribution is 5.71. The molecule has 0 aromatic heterocycles. The normalized spacial score (nSPS) is 12.6. The van der Waals surface area contributed by atoms with Crippen LogP contribution >= 0.6 is 0 Å². The van der Waals surface area contributed by atoms with Gasteiger partial charge < -0.3 is 14.2 Å². The van der Waals surface area contributed by atoms with Gasteiger partial charge in [-0.25, -0.2) is 0 Å². The molecular weight excluding hydrogens is 1020 g/mol. The van der Waals surface area contributed by atoms with Crippen LogP contribution in [0.25, 0.3) is 0 Å². The van der Waals surface area contributed by atoms with Crippen LogP contribution in [0.15, 0.2) is 85.1 Å². The Morgan fingerprint density at radius 2 is 0.494 bits per heavy atom. The maximum absolute atomic E-state index is 13.0. The molecule has 0 amide bonds. The van der Waals surface area contributed by atoms with Crippen LogP contribution in [-0.2, 0) is 28.6 Å². The van der Waals surface area contributed by atoms with Gasteiger partial charge in [-0.05, 0) is 83.5 Å². The van der Waals surface area contributed by atoms with Gasteiger partial charge in [0.15, 0.2) is 6.10 Å². The summed E-state index contributed by atoms with van der Waals surface area (Å²) >= 11 is 0. The second-order valence-electron chi connectivity index (χ2n) is 24.1. The van der Waals surface area contributed by atoms with Gasteiger partial charge in [0.05, 0.1) is 0 Å². The average molecular weight is 1160 g/mol. The second kappa shape index (κ2) is 71.1. The minimum absolute atomic E-state index is 0.0971. The van der Waals surface area contributed by atoms with Gasteiger partial charge in [0.1, 0.15) is 13.2 Å². The fraction of sp³-hybridized carbons (Fsp3) is 0.779. The predicted octanol–water partition coefficient (Wildman–Crippen LogP) is 25.0. The molecule has 0 aromatic rings. The van der Waals surface area contributed by atoms with Crippen molar-refractivity contribution in [3.05, 3.63) is 85.1 Å². The van der Waals surface area contributed by atoms with Gasteiger partial charge in [-0.2, -0.15) is 0 Å². The van der Waals surface area contributed by atoms with Crippen LogP contribution in [0.4, 0.5) is 0 Å². The van der Waals surface area contributed by atoms with E-state index in [2.05, 4.69) is 99.8 Å². The molecule has 0 heterocycles. The zero-order valence-electron chi connectivity index (χ0n) is 55.2. The van der Waals surface area contributed by atoms with Crippen LogP contribution in [0.2, 0.25) is 0 Å². The molecule has 0 N–H and O–H groups in total. The van der Waals surface area contributed by atoms with Crippen molar-refractivity contribution in [2.24, 2.45) is 0 Å². The topological polar surface area (TPSA) is 78.9 Å². The largest absolute Gasteiger partial charge is 0.462 e. The van der Waals surface area contributed by atoms with E-state index in [1.165, 1.54) is 244 Å². The highest BCUT2D eigenvalue weighted by Crippen LogP contribution is 2.18. The van der Waals surface area contributed by atoms with E-state index < -0.39 is 6.10 Å². The third-order valence-electron chi connectivity index (χ3n) is 15.9. The molecule has 0 saturated heterocycles. The molecule has 0 bridgehead atoms. The lowest BCUT2D eigenvalue weighted by Gasteiger charge is -2.18. The summed E-state index contributed by atoms with van der Waals surface area (Å²) in [5, 5.41) is 0. The smallest absolute Gasteiger partial charge is 0.306 e. The first-order valence-electron chi connectivity index (χ1n) is 36.1. The van der Waals surface area contributed by atoms with Gasteiger partial charge in [0, 0.05) is 19.3 Å². The zero-order valence-corrected chi connectivity index (χ0v) is 55.2. The van der Waals surface area contributed by atoms with E-state index in [4.69, 9.17) is 14.2 Å². The van der Waals surface area contributed by atoms with Gasteiger partial charge in [0.2, 0.25) is 0 Å². The maximum atomic E-state index is 13.0. The third kappa shape index (κ3) is 69.3. The van der Waals surface area contributed by atoms with Crippen LogP contribution in [0.1, 0.15) is 367 Å². The lowest BCUT2D eigenvalue weighted by molar-refractivity contribution is -0.166. The fourth-order valence-corrected chi connectivity index (χ4v) is 10.5. The van der Waals surface area contributed by atoms with Crippen molar-refractivity contribution in [2.75, 3.05) is 13.2 Å². The Morgan fingerprint density at radius 3 is 0.807 bits per heavy atom. The molecule has 0 spiro atoms. The van der Waals surface area contributed by atoms with Crippen molar-refractivity contribution >= 4 is 17.9 Å².